The third-order valence-corrected chi connectivity index (χ3v) is 26.6. The van der Waals surface area contributed by atoms with E-state index in [0.717, 1.165) is 44.9 Å². The molecule has 1 saturated heterocycles. The zero-order valence-electron chi connectivity index (χ0n) is 47.6. The van der Waals surface area contributed by atoms with E-state index in [-0.39, 0.29) is 35.0 Å². The van der Waals surface area contributed by atoms with Gasteiger partial charge in [0.05, 0.1) is 6.61 Å². The highest BCUT2D eigenvalue weighted by Gasteiger charge is 2.66. The Morgan fingerprint density at radius 3 is 1.23 bits per heavy atom. The Morgan fingerprint density at radius 1 is 0.486 bits per heavy atom. The highest BCUT2D eigenvalue weighted by Crippen LogP contribution is 2.54. The molecule has 0 aromatic heterocycles. The molecule has 0 amide bonds. The van der Waals surface area contributed by atoms with Crippen LogP contribution >= 0.6 is 15.6 Å². The maximum atomic E-state index is 13.9. The fraction of sp³-hybridized carbons (Fsp3) is 0.962. The van der Waals surface area contributed by atoms with Crippen LogP contribution < -0.4 is 0 Å². The van der Waals surface area contributed by atoms with Crippen molar-refractivity contribution < 1.29 is 79.6 Å². The van der Waals surface area contributed by atoms with E-state index in [1.165, 1.54) is 109 Å². The summed E-state index contributed by atoms with van der Waals surface area (Å²) in [5, 5.41) is 23.8. The second-order valence-electron chi connectivity index (χ2n) is 22.5. The molecule has 1 aliphatic carbocycles. The average Bonchev–Trinajstić information content (AvgIpc) is 3.51. The fourth-order valence-corrected chi connectivity index (χ4v) is 23.3. The summed E-state index contributed by atoms with van der Waals surface area (Å²) in [6.45, 7) is 18.5. The number of ether oxygens (including phenoxy) is 2. The molecule has 2 fully saturated rings. The SMILES string of the molecule is CCCCCCCCCCCCCCCC(=O)OC[C@H](COP(=O)(O)O[C@H]1[C@H](O)[C@@H](OP(=O)(O)O)[C@@H]2O[Si](C(C)C)(C(C)C)O[Si](C(C)C)(C(C)C)O[C@H]2[C@H]1O)OC(=O)CCCCCCCCCCCCCCC. The van der Waals surface area contributed by atoms with E-state index in [1.54, 1.807) is 0 Å². The number of esters is 2. The third-order valence-electron chi connectivity index (χ3n) is 14.8. The monoisotopic (exact) mass is 1130 g/mol. The largest absolute Gasteiger partial charge is 0.472 e. The van der Waals surface area contributed by atoms with E-state index in [2.05, 4.69) is 13.8 Å². The Hall–Kier alpha value is -0.606. The number of phosphoric acid groups is 2. The second kappa shape index (κ2) is 36.6. The molecule has 0 aromatic carbocycles. The number of carbonyl (C=O) groups excluding carboxylic acids is 2. The van der Waals surface area contributed by atoms with Gasteiger partial charge in [0.15, 0.2) is 6.10 Å². The maximum Gasteiger partial charge on any atom is 0.472 e. The summed E-state index contributed by atoms with van der Waals surface area (Å²) in [5.41, 5.74) is -0.967. The van der Waals surface area contributed by atoms with Crippen molar-refractivity contribution in [3.05, 3.63) is 0 Å². The Labute approximate surface area is 449 Å². The van der Waals surface area contributed by atoms with Gasteiger partial charge in [0.1, 0.15) is 43.2 Å². The molecule has 21 heteroatoms. The summed E-state index contributed by atoms with van der Waals surface area (Å²) in [4.78, 5) is 57.6. The van der Waals surface area contributed by atoms with E-state index in [0.29, 0.717) is 12.8 Å². The summed E-state index contributed by atoms with van der Waals surface area (Å²) < 4.78 is 74.4. The summed E-state index contributed by atoms with van der Waals surface area (Å²) in [6, 6.07) is 0. The van der Waals surface area contributed by atoms with Gasteiger partial charge in [-0.1, -0.05) is 223 Å². The molecule has 0 spiro atoms. The first kappa shape index (κ1) is 69.5. The van der Waals surface area contributed by atoms with Gasteiger partial charge >= 0.3 is 44.7 Å². The molecule has 1 heterocycles. The summed E-state index contributed by atoms with van der Waals surface area (Å²) in [6.07, 6.45) is 17.5. The highest BCUT2D eigenvalue weighted by molar-refractivity contribution is 7.47. The molecule has 74 heavy (non-hydrogen) atoms. The van der Waals surface area contributed by atoms with Crippen molar-refractivity contribution in [2.24, 2.45) is 0 Å². The van der Waals surface area contributed by atoms with Gasteiger partial charge in [0, 0.05) is 12.8 Å². The quantitative estimate of drug-likeness (QED) is 0.0165. The topological polar surface area (TPSA) is 243 Å². The molecule has 2 aliphatic rings. The summed E-state index contributed by atoms with van der Waals surface area (Å²) in [7, 11) is -17.7. The molecular weight excluding hydrogens is 1030 g/mol. The molecule has 438 valence electrons. The first-order valence-electron chi connectivity index (χ1n) is 29.1. The van der Waals surface area contributed by atoms with Crippen LogP contribution in [0.4, 0.5) is 0 Å². The lowest BCUT2D eigenvalue weighted by Crippen LogP contribution is -2.67. The van der Waals surface area contributed by atoms with Crippen LogP contribution in [0.3, 0.4) is 0 Å². The molecule has 1 aliphatic heterocycles. The summed E-state index contributed by atoms with van der Waals surface area (Å²) in [5.74, 6) is -1.13. The number of unbranched alkanes of at least 4 members (excludes halogenated alkanes) is 24. The molecule has 1 unspecified atom stereocenters. The minimum absolute atomic E-state index is 0.0690. The van der Waals surface area contributed by atoms with Crippen LogP contribution in [-0.2, 0) is 54.7 Å². The molecular formula is C53H106O17P2Si2. The van der Waals surface area contributed by atoms with Gasteiger partial charge in [-0.05, 0) is 35.0 Å². The molecule has 1 saturated carbocycles. The number of phosphoric ester groups is 2. The van der Waals surface area contributed by atoms with Gasteiger partial charge in [-0.2, -0.15) is 0 Å². The summed E-state index contributed by atoms with van der Waals surface area (Å²) >= 11 is 0. The number of hydrogen-bond acceptors (Lipinski definition) is 14. The van der Waals surface area contributed by atoms with Crippen LogP contribution in [0.1, 0.15) is 249 Å². The van der Waals surface area contributed by atoms with Crippen molar-refractivity contribution in [1.82, 2.24) is 0 Å². The van der Waals surface area contributed by atoms with Crippen molar-refractivity contribution in [2.45, 2.75) is 314 Å². The van der Waals surface area contributed by atoms with Gasteiger partial charge in [0.25, 0.3) is 0 Å². The van der Waals surface area contributed by atoms with E-state index in [9.17, 15) is 43.6 Å². The number of carbonyl (C=O) groups is 2. The smallest absolute Gasteiger partial charge is 0.462 e. The predicted octanol–water partition coefficient (Wildman–Crippen LogP) is 13.4. The minimum Gasteiger partial charge on any atom is -0.462 e. The number of rotatable bonds is 42. The lowest BCUT2D eigenvalue weighted by molar-refractivity contribution is -0.207. The van der Waals surface area contributed by atoms with Crippen LogP contribution in [0.15, 0.2) is 0 Å². The van der Waals surface area contributed by atoms with Crippen LogP contribution in [0.5, 0.6) is 0 Å². The number of aliphatic hydroxyl groups is 2. The lowest BCUT2D eigenvalue weighted by Gasteiger charge is -2.48. The number of fused-ring (bicyclic) bond motifs is 1. The molecule has 0 radical (unpaired) electrons. The van der Waals surface area contributed by atoms with E-state index < -0.39 is 101 Å². The van der Waals surface area contributed by atoms with Gasteiger partial charge in [0.2, 0.25) is 0 Å². The zero-order chi connectivity index (χ0) is 55.4. The van der Waals surface area contributed by atoms with Crippen LogP contribution in [0, 0.1) is 0 Å². The highest BCUT2D eigenvalue weighted by atomic mass is 31.2. The second-order valence-corrected chi connectivity index (χ2v) is 33.9. The van der Waals surface area contributed by atoms with Crippen molar-refractivity contribution in [3.8, 4) is 0 Å². The Kier molecular flexibility index (Phi) is 34.4. The molecule has 17 nitrogen and oxygen atoms in total. The van der Waals surface area contributed by atoms with Crippen molar-refractivity contribution in [3.63, 3.8) is 0 Å². The van der Waals surface area contributed by atoms with Crippen molar-refractivity contribution in [2.75, 3.05) is 13.2 Å². The minimum atomic E-state index is -5.41. The van der Waals surface area contributed by atoms with Gasteiger partial charge in [-0.3, -0.25) is 23.2 Å². The van der Waals surface area contributed by atoms with E-state index in [1.807, 2.05) is 55.4 Å². The third kappa shape index (κ3) is 25.2. The van der Waals surface area contributed by atoms with Crippen molar-refractivity contribution in [1.29, 1.82) is 0 Å². The molecule has 0 bridgehead atoms. The average molecular weight is 1130 g/mol. The Morgan fingerprint density at radius 2 is 0.851 bits per heavy atom. The Balaban J connectivity index is 2.17. The first-order valence-corrected chi connectivity index (χ1v) is 36.1. The number of hydrogen-bond donors (Lipinski definition) is 5. The molecule has 0 aromatic rings. The van der Waals surface area contributed by atoms with E-state index in [4.69, 9.17) is 36.0 Å². The number of aliphatic hydroxyl groups excluding tert-OH is 2. The standard InChI is InChI=1S/C53H106O17P2Si2/c1-11-13-15-17-19-21-23-25-27-29-31-33-35-37-46(54)63-39-45(65-47(55)38-36-34-32-30-28-26-24-22-20-18-16-14-12-2)40-64-72(61,62)67-50-48(56)51(66-71(58,59)60)53-52(49(50)57)68-73(41(3)4,42(5)6)70-74(69-53,43(7)8)44(9)10/h41-45,48-53,56-57H,11-40H2,1-10H3,(H,61,62)(H2,58,59,60)/t45-,48+,49+,50+,51-,52+,53+/m1/s1. The normalized spacial score (nSPS) is 23.2. The lowest BCUT2D eigenvalue weighted by atomic mass is 9.85. The molecule has 2 rings (SSSR count). The predicted molar refractivity (Wildman–Crippen MR) is 294 cm³/mol. The van der Waals surface area contributed by atoms with Crippen LogP contribution in [0.25, 0.3) is 0 Å². The van der Waals surface area contributed by atoms with E-state index >= 15 is 0 Å². The van der Waals surface area contributed by atoms with Crippen LogP contribution in [0.2, 0.25) is 22.2 Å². The molecule has 8 atom stereocenters. The first-order chi connectivity index (χ1) is 35.0. The maximum absolute atomic E-state index is 13.9. The Bertz CT molecular complexity index is 1600. The van der Waals surface area contributed by atoms with Gasteiger partial charge in [-0.25, -0.2) is 9.13 Å². The van der Waals surface area contributed by atoms with Crippen molar-refractivity contribution >= 4 is 44.7 Å². The fourth-order valence-electron chi connectivity index (χ4n) is 10.5. The van der Waals surface area contributed by atoms with Crippen LogP contribution in [-0.4, -0.2) is 110 Å². The van der Waals surface area contributed by atoms with Gasteiger partial charge < -0.3 is 47.3 Å². The van der Waals surface area contributed by atoms with Gasteiger partial charge in [-0.15, -0.1) is 0 Å². The zero-order valence-corrected chi connectivity index (χ0v) is 51.4. The molecule has 5 N–H and O–H groups in total.